The minimum Gasteiger partial charge on any atom is -0.350 e. The standard InChI is InChI=1S/C14H16ClN3OS/c1-2-10-4-3-5-16-12(10)8-17-13(19)6-14-18-11(7-15)9-20-14/h3-5,9H,2,6-8H2,1H3,(H,17,19). The van der Waals surface area contributed by atoms with E-state index in [4.69, 9.17) is 11.6 Å². The van der Waals surface area contributed by atoms with Crippen molar-refractivity contribution in [1.82, 2.24) is 15.3 Å². The molecule has 0 aliphatic heterocycles. The number of thiazole rings is 1. The van der Waals surface area contributed by atoms with Crippen molar-refractivity contribution >= 4 is 28.8 Å². The van der Waals surface area contributed by atoms with Crippen LogP contribution in [0.15, 0.2) is 23.7 Å². The second-order valence-electron chi connectivity index (χ2n) is 4.28. The van der Waals surface area contributed by atoms with E-state index in [-0.39, 0.29) is 12.3 Å². The van der Waals surface area contributed by atoms with Crippen LogP contribution in [0, 0.1) is 0 Å². The molecule has 20 heavy (non-hydrogen) atoms. The molecule has 2 aromatic heterocycles. The van der Waals surface area contributed by atoms with Gasteiger partial charge in [-0.2, -0.15) is 0 Å². The van der Waals surface area contributed by atoms with Crippen LogP contribution in [-0.2, 0) is 30.1 Å². The molecule has 0 fully saturated rings. The highest BCUT2D eigenvalue weighted by Crippen LogP contribution is 2.12. The van der Waals surface area contributed by atoms with Crippen LogP contribution in [0.5, 0.6) is 0 Å². The van der Waals surface area contributed by atoms with E-state index in [0.717, 1.165) is 28.4 Å². The van der Waals surface area contributed by atoms with Crippen molar-refractivity contribution in [2.75, 3.05) is 0 Å². The van der Waals surface area contributed by atoms with Crippen LogP contribution in [-0.4, -0.2) is 15.9 Å². The zero-order valence-corrected chi connectivity index (χ0v) is 12.8. The Morgan fingerprint density at radius 3 is 3.05 bits per heavy atom. The normalized spacial score (nSPS) is 10.5. The summed E-state index contributed by atoms with van der Waals surface area (Å²) in [6.45, 7) is 2.53. The third kappa shape index (κ3) is 4.02. The highest BCUT2D eigenvalue weighted by Gasteiger charge is 2.09. The Bertz CT molecular complexity index is 585. The summed E-state index contributed by atoms with van der Waals surface area (Å²) in [4.78, 5) is 20.4. The summed E-state index contributed by atoms with van der Waals surface area (Å²) >= 11 is 7.15. The number of hydrogen-bond donors (Lipinski definition) is 1. The van der Waals surface area contributed by atoms with Gasteiger partial charge in [-0.05, 0) is 18.1 Å². The number of carbonyl (C=O) groups excluding carboxylic acids is 1. The zero-order valence-electron chi connectivity index (χ0n) is 11.2. The van der Waals surface area contributed by atoms with Crippen LogP contribution >= 0.6 is 22.9 Å². The zero-order chi connectivity index (χ0) is 14.4. The Morgan fingerprint density at radius 2 is 2.35 bits per heavy atom. The van der Waals surface area contributed by atoms with E-state index in [9.17, 15) is 4.79 Å². The molecule has 0 unspecified atom stereocenters. The van der Waals surface area contributed by atoms with Gasteiger partial charge in [0.15, 0.2) is 0 Å². The number of amides is 1. The molecule has 1 N–H and O–H groups in total. The highest BCUT2D eigenvalue weighted by atomic mass is 35.5. The summed E-state index contributed by atoms with van der Waals surface area (Å²) in [5.74, 6) is 0.333. The Labute approximate surface area is 127 Å². The summed E-state index contributed by atoms with van der Waals surface area (Å²) in [5.41, 5.74) is 2.90. The second kappa shape index (κ2) is 7.36. The van der Waals surface area contributed by atoms with Gasteiger partial charge in [-0.3, -0.25) is 9.78 Å². The van der Waals surface area contributed by atoms with Gasteiger partial charge in [0.1, 0.15) is 5.01 Å². The van der Waals surface area contributed by atoms with Gasteiger partial charge in [0.25, 0.3) is 0 Å². The van der Waals surface area contributed by atoms with Crippen LogP contribution in [0.2, 0.25) is 0 Å². The fourth-order valence-electron chi connectivity index (χ4n) is 1.83. The van der Waals surface area contributed by atoms with E-state index >= 15 is 0 Å². The number of carbonyl (C=O) groups is 1. The molecular formula is C14H16ClN3OS. The first-order chi connectivity index (χ1) is 9.72. The largest absolute Gasteiger partial charge is 0.350 e. The molecule has 106 valence electrons. The predicted molar refractivity (Wildman–Crippen MR) is 80.8 cm³/mol. The Morgan fingerprint density at radius 1 is 1.50 bits per heavy atom. The number of nitrogens with zero attached hydrogens (tertiary/aromatic N) is 2. The van der Waals surface area contributed by atoms with Crippen molar-refractivity contribution in [2.24, 2.45) is 0 Å². The van der Waals surface area contributed by atoms with Crippen molar-refractivity contribution in [1.29, 1.82) is 0 Å². The van der Waals surface area contributed by atoms with Crippen LogP contribution in [0.25, 0.3) is 0 Å². The molecule has 0 atom stereocenters. The van der Waals surface area contributed by atoms with Gasteiger partial charge < -0.3 is 5.32 Å². The number of pyridine rings is 1. The number of aromatic nitrogens is 2. The topological polar surface area (TPSA) is 54.9 Å². The fraction of sp³-hybridized carbons (Fsp3) is 0.357. The molecule has 0 aliphatic rings. The number of nitrogens with one attached hydrogen (secondary N) is 1. The molecule has 6 heteroatoms. The van der Waals surface area contributed by atoms with Crippen molar-refractivity contribution < 1.29 is 4.79 Å². The van der Waals surface area contributed by atoms with Crippen molar-refractivity contribution in [3.63, 3.8) is 0 Å². The van der Waals surface area contributed by atoms with Gasteiger partial charge in [-0.1, -0.05) is 13.0 Å². The summed E-state index contributed by atoms with van der Waals surface area (Å²) in [6, 6.07) is 3.94. The van der Waals surface area contributed by atoms with Gasteiger partial charge in [-0.25, -0.2) is 4.98 Å². The first-order valence-corrected chi connectivity index (χ1v) is 7.83. The number of rotatable bonds is 6. The highest BCUT2D eigenvalue weighted by molar-refractivity contribution is 7.09. The van der Waals surface area contributed by atoms with Gasteiger partial charge in [0.2, 0.25) is 5.91 Å². The van der Waals surface area contributed by atoms with Gasteiger partial charge >= 0.3 is 0 Å². The molecule has 0 radical (unpaired) electrons. The van der Waals surface area contributed by atoms with E-state index in [1.165, 1.54) is 11.3 Å². The average molecular weight is 310 g/mol. The smallest absolute Gasteiger partial charge is 0.227 e. The van der Waals surface area contributed by atoms with Crippen molar-refractivity contribution in [3.05, 3.63) is 45.7 Å². The van der Waals surface area contributed by atoms with E-state index in [1.54, 1.807) is 6.20 Å². The summed E-state index contributed by atoms with van der Waals surface area (Å²) in [7, 11) is 0. The lowest BCUT2D eigenvalue weighted by atomic mass is 10.1. The van der Waals surface area contributed by atoms with E-state index < -0.39 is 0 Å². The van der Waals surface area contributed by atoms with Crippen LogP contribution in [0.3, 0.4) is 0 Å². The molecule has 0 bridgehead atoms. The lowest BCUT2D eigenvalue weighted by molar-refractivity contribution is -0.120. The molecule has 2 aromatic rings. The molecule has 2 heterocycles. The lowest BCUT2D eigenvalue weighted by Crippen LogP contribution is -2.25. The maximum Gasteiger partial charge on any atom is 0.227 e. The fourth-order valence-corrected chi connectivity index (χ4v) is 2.85. The molecule has 0 saturated heterocycles. The van der Waals surface area contributed by atoms with E-state index in [2.05, 4.69) is 22.2 Å². The molecule has 2 rings (SSSR count). The molecular weight excluding hydrogens is 294 g/mol. The number of hydrogen-bond acceptors (Lipinski definition) is 4. The van der Waals surface area contributed by atoms with Crippen LogP contribution in [0.1, 0.15) is 28.9 Å². The van der Waals surface area contributed by atoms with Gasteiger partial charge in [0.05, 0.1) is 30.2 Å². The van der Waals surface area contributed by atoms with Crippen LogP contribution < -0.4 is 5.32 Å². The molecule has 0 saturated carbocycles. The monoisotopic (exact) mass is 309 g/mol. The third-order valence-electron chi connectivity index (χ3n) is 2.87. The minimum absolute atomic E-state index is 0.0480. The average Bonchev–Trinajstić information content (AvgIpc) is 2.93. The van der Waals surface area contributed by atoms with E-state index in [0.29, 0.717) is 12.4 Å². The van der Waals surface area contributed by atoms with Crippen LogP contribution in [0.4, 0.5) is 0 Å². The first-order valence-electron chi connectivity index (χ1n) is 6.41. The Hall–Kier alpha value is -1.46. The molecule has 0 aromatic carbocycles. The quantitative estimate of drug-likeness (QED) is 0.835. The second-order valence-corrected chi connectivity index (χ2v) is 5.49. The molecule has 4 nitrogen and oxygen atoms in total. The van der Waals surface area contributed by atoms with Gasteiger partial charge in [-0.15, -0.1) is 22.9 Å². The van der Waals surface area contributed by atoms with E-state index in [1.807, 2.05) is 17.5 Å². The summed E-state index contributed by atoms with van der Waals surface area (Å²) < 4.78 is 0. The number of aryl methyl sites for hydroxylation is 1. The summed E-state index contributed by atoms with van der Waals surface area (Å²) in [6.07, 6.45) is 2.94. The summed E-state index contributed by atoms with van der Waals surface area (Å²) in [5, 5.41) is 5.55. The molecule has 1 amide bonds. The SMILES string of the molecule is CCc1cccnc1CNC(=O)Cc1nc(CCl)cs1. The third-order valence-corrected chi connectivity index (χ3v) is 4.04. The van der Waals surface area contributed by atoms with Crippen molar-refractivity contribution in [2.45, 2.75) is 32.2 Å². The van der Waals surface area contributed by atoms with Gasteiger partial charge in [0, 0.05) is 11.6 Å². The maximum absolute atomic E-state index is 11.9. The Balaban J connectivity index is 1.88. The molecule has 0 aliphatic carbocycles. The maximum atomic E-state index is 11.9. The number of alkyl halides is 1. The van der Waals surface area contributed by atoms with Crippen molar-refractivity contribution in [3.8, 4) is 0 Å². The predicted octanol–water partition coefficient (Wildman–Crippen LogP) is 2.70. The number of halogens is 1. The lowest BCUT2D eigenvalue weighted by Gasteiger charge is -2.07. The Kier molecular flexibility index (Phi) is 5.49. The first kappa shape index (κ1) is 14.9. The minimum atomic E-state index is -0.0480. The molecule has 0 spiro atoms.